The van der Waals surface area contributed by atoms with Crippen molar-refractivity contribution in [2.45, 2.75) is 25.8 Å². The fourth-order valence-corrected chi connectivity index (χ4v) is 5.56. The van der Waals surface area contributed by atoms with Crippen LogP contribution in [0.5, 0.6) is 11.5 Å². The Bertz CT molecular complexity index is 1510. The molecule has 1 unspecified atom stereocenters. The first-order valence-electron chi connectivity index (χ1n) is 14.1. The van der Waals surface area contributed by atoms with E-state index in [9.17, 15) is 9.59 Å². The van der Waals surface area contributed by atoms with Crippen LogP contribution in [0, 0.1) is 5.92 Å². The van der Waals surface area contributed by atoms with Crippen LogP contribution in [0.1, 0.15) is 34.3 Å². The number of likely N-dealkylation sites (tertiary alicyclic amines) is 1. The predicted molar refractivity (Wildman–Crippen MR) is 163 cm³/mol. The van der Waals surface area contributed by atoms with E-state index in [1.54, 1.807) is 26.4 Å². The number of carbonyl (C=O) groups is 2. The number of ether oxygens (including phenoxy) is 2. The van der Waals surface area contributed by atoms with Gasteiger partial charge >= 0.3 is 0 Å². The van der Waals surface area contributed by atoms with Crippen LogP contribution in [0.4, 0.5) is 5.69 Å². The normalized spacial score (nSPS) is 15.3. The Labute approximate surface area is 241 Å². The molecule has 1 aliphatic rings. The molecule has 0 radical (unpaired) electrons. The highest BCUT2D eigenvalue weighted by Gasteiger charge is 2.27. The molecule has 0 bridgehead atoms. The summed E-state index contributed by atoms with van der Waals surface area (Å²) in [7, 11) is 3.20. The summed E-state index contributed by atoms with van der Waals surface area (Å²) in [6.45, 7) is 2.91. The standard InChI is InChI=1S/C34H37N3O4/c1-40-31-17-16-24(21-32(31)41-2)18-19-35-34(39)29-14-5-6-15-30(29)36-33(38)27-12-8-20-37(23-27)22-26-11-7-10-25-9-3-4-13-28(25)26/h3-7,9-11,13-17,21,27H,8,12,18-20,22-23H2,1-2H3,(H,35,39)(H,36,38). The molecule has 0 spiro atoms. The van der Waals surface area contributed by atoms with E-state index in [2.05, 4.69) is 58.0 Å². The molecule has 1 saturated heterocycles. The highest BCUT2D eigenvalue weighted by Crippen LogP contribution is 2.28. The minimum atomic E-state index is -0.220. The van der Waals surface area contributed by atoms with E-state index >= 15 is 0 Å². The Morgan fingerprint density at radius 1 is 0.902 bits per heavy atom. The van der Waals surface area contributed by atoms with Crippen molar-refractivity contribution in [3.8, 4) is 11.5 Å². The van der Waals surface area contributed by atoms with E-state index in [0.29, 0.717) is 42.3 Å². The minimum absolute atomic E-state index is 0.0433. The molecule has 1 heterocycles. The Morgan fingerprint density at radius 3 is 2.54 bits per heavy atom. The van der Waals surface area contributed by atoms with Gasteiger partial charge in [0.25, 0.3) is 5.91 Å². The monoisotopic (exact) mass is 551 g/mol. The number of carbonyl (C=O) groups excluding carboxylic acids is 2. The lowest BCUT2D eigenvalue weighted by molar-refractivity contribution is -0.121. The van der Waals surface area contributed by atoms with Crippen molar-refractivity contribution in [3.63, 3.8) is 0 Å². The summed E-state index contributed by atoms with van der Waals surface area (Å²) in [5.74, 6) is 0.920. The number of nitrogens with zero attached hydrogens (tertiary/aromatic N) is 1. The quantitative estimate of drug-likeness (QED) is 0.265. The van der Waals surface area contributed by atoms with Crippen molar-refractivity contribution in [2.24, 2.45) is 5.92 Å². The fourth-order valence-electron chi connectivity index (χ4n) is 5.56. The molecule has 2 N–H and O–H groups in total. The summed E-state index contributed by atoms with van der Waals surface area (Å²) in [5.41, 5.74) is 3.29. The summed E-state index contributed by atoms with van der Waals surface area (Å²) in [4.78, 5) is 28.8. The van der Waals surface area contributed by atoms with Crippen molar-refractivity contribution >= 4 is 28.3 Å². The number of piperidine rings is 1. The molecular formula is C34H37N3O4. The number of benzene rings is 4. The minimum Gasteiger partial charge on any atom is -0.493 e. The lowest BCUT2D eigenvalue weighted by Crippen LogP contribution is -2.40. The van der Waals surface area contributed by atoms with Crippen LogP contribution in [0.15, 0.2) is 84.9 Å². The largest absolute Gasteiger partial charge is 0.493 e. The molecule has 2 amide bonds. The number of amides is 2. The Balaban J connectivity index is 1.18. The van der Waals surface area contributed by atoms with Crippen molar-refractivity contribution in [2.75, 3.05) is 39.2 Å². The van der Waals surface area contributed by atoms with Crippen LogP contribution in [0.25, 0.3) is 10.8 Å². The molecule has 4 aromatic carbocycles. The third-order valence-corrected chi connectivity index (χ3v) is 7.73. The number of fused-ring (bicyclic) bond motifs is 1. The van der Waals surface area contributed by atoms with Gasteiger partial charge in [-0.25, -0.2) is 0 Å². The Hall–Kier alpha value is -4.36. The highest BCUT2D eigenvalue weighted by molar-refractivity contribution is 6.04. The summed E-state index contributed by atoms with van der Waals surface area (Å²) in [6.07, 6.45) is 2.42. The lowest BCUT2D eigenvalue weighted by atomic mass is 9.95. The van der Waals surface area contributed by atoms with Crippen LogP contribution >= 0.6 is 0 Å². The number of methoxy groups -OCH3 is 2. The Morgan fingerprint density at radius 2 is 1.68 bits per heavy atom. The van der Waals surface area contributed by atoms with Crippen molar-refractivity contribution in [1.82, 2.24) is 10.2 Å². The average molecular weight is 552 g/mol. The summed E-state index contributed by atoms with van der Waals surface area (Å²) in [5, 5.41) is 8.53. The molecule has 4 aromatic rings. The van der Waals surface area contributed by atoms with Gasteiger partial charge in [0.2, 0.25) is 5.91 Å². The summed E-state index contributed by atoms with van der Waals surface area (Å²) in [6, 6.07) is 27.7. The third kappa shape index (κ3) is 6.87. The maximum atomic E-state index is 13.4. The molecule has 0 saturated carbocycles. The molecule has 1 fully saturated rings. The third-order valence-electron chi connectivity index (χ3n) is 7.73. The van der Waals surface area contributed by atoms with Crippen LogP contribution < -0.4 is 20.1 Å². The lowest BCUT2D eigenvalue weighted by Gasteiger charge is -2.32. The smallest absolute Gasteiger partial charge is 0.253 e. The van der Waals surface area contributed by atoms with Gasteiger partial charge in [0.05, 0.1) is 31.4 Å². The second kappa shape index (κ2) is 13.3. The number of para-hydroxylation sites is 1. The van der Waals surface area contributed by atoms with Crippen LogP contribution in [-0.2, 0) is 17.8 Å². The fraction of sp³-hybridized carbons (Fsp3) is 0.294. The molecule has 5 rings (SSSR count). The maximum absolute atomic E-state index is 13.4. The van der Waals surface area contributed by atoms with Gasteiger partial charge in [0, 0.05) is 19.6 Å². The maximum Gasteiger partial charge on any atom is 0.253 e. The van der Waals surface area contributed by atoms with Gasteiger partial charge < -0.3 is 20.1 Å². The van der Waals surface area contributed by atoms with Gasteiger partial charge in [0.1, 0.15) is 0 Å². The zero-order chi connectivity index (χ0) is 28.6. The number of hydrogen-bond acceptors (Lipinski definition) is 5. The van der Waals surface area contributed by atoms with Crippen molar-refractivity contribution < 1.29 is 19.1 Å². The number of nitrogens with one attached hydrogen (secondary N) is 2. The average Bonchev–Trinajstić information content (AvgIpc) is 3.01. The van der Waals surface area contributed by atoms with Crippen LogP contribution in [-0.4, -0.2) is 50.6 Å². The SMILES string of the molecule is COc1ccc(CCNC(=O)c2ccccc2NC(=O)C2CCCN(Cc3cccc4ccccc34)C2)cc1OC. The molecule has 0 aliphatic carbocycles. The first-order chi connectivity index (χ1) is 20.1. The summed E-state index contributed by atoms with van der Waals surface area (Å²) < 4.78 is 10.7. The predicted octanol–water partition coefficient (Wildman–Crippen LogP) is 5.68. The van der Waals surface area contributed by atoms with Gasteiger partial charge in [-0.1, -0.05) is 60.7 Å². The Kier molecular flexibility index (Phi) is 9.16. The van der Waals surface area contributed by atoms with E-state index in [0.717, 1.165) is 31.5 Å². The van der Waals surface area contributed by atoms with Gasteiger partial charge in [-0.15, -0.1) is 0 Å². The first-order valence-corrected chi connectivity index (χ1v) is 14.1. The zero-order valence-corrected chi connectivity index (χ0v) is 23.7. The van der Waals surface area contributed by atoms with E-state index in [-0.39, 0.29) is 17.7 Å². The molecule has 7 nitrogen and oxygen atoms in total. The van der Waals surface area contributed by atoms with Crippen molar-refractivity contribution in [1.29, 1.82) is 0 Å². The highest BCUT2D eigenvalue weighted by atomic mass is 16.5. The summed E-state index contributed by atoms with van der Waals surface area (Å²) >= 11 is 0. The van der Waals surface area contributed by atoms with E-state index < -0.39 is 0 Å². The molecule has 0 aromatic heterocycles. The van der Waals surface area contributed by atoms with E-state index in [1.165, 1.54) is 16.3 Å². The zero-order valence-electron chi connectivity index (χ0n) is 23.7. The second-order valence-corrected chi connectivity index (χ2v) is 10.4. The first kappa shape index (κ1) is 28.2. The number of anilines is 1. The van der Waals surface area contributed by atoms with Crippen molar-refractivity contribution in [3.05, 3.63) is 102 Å². The number of rotatable bonds is 10. The van der Waals surface area contributed by atoms with Gasteiger partial charge in [-0.05, 0) is 72.0 Å². The van der Waals surface area contributed by atoms with Gasteiger partial charge in [0.15, 0.2) is 11.5 Å². The molecule has 212 valence electrons. The molecular weight excluding hydrogens is 514 g/mol. The van der Waals surface area contributed by atoms with Gasteiger partial charge in [-0.2, -0.15) is 0 Å². The molecule has 1 atom stereocenters. The second-order valence-electron chi connectivity index (χ2n) is 10.4. The van der Waals surface area contributed by atoms with E-state index in [1.807, 2.05) is 30.3 Å². The van der Waals surface area contributed by atoms with Gasteiger partial charge in [-0.3, -0.25) is 14.5 Å². The topological polar surface area (TPSA) is 79.9 Å². The van der Waals surface area contributed by atoms with Crippen LogP contribution in [0.2, 0.25) is 0 Å². The van der Waals surface area contributed by atoms with E-state index in [4.69, 9.17) is 9.47 Å². The van der Waals surface area contributed by atoms with Crippen LogP contribution in [0.3, 0.4) is 0 Å². The number of hydrogen-bond donors (Lipinski definition) is 2. The molecule has 1 aliphatic heterocycles. The molecule has 41 heavy (non-hydrogen) atoms. The molecule has 7 heteroatoms.